The van der Waals surface area contributed by atoms with E-state index in [4.69, 9.17) is 0 Å². The Morgan fingerprint density at radius 1 is 1.19 bits per heavy atom. The Kier molecular flexibility index (Phi) is 5.70. The lowest BCUT2D eigenvalue weighted by Gasteiger charge is -2.30. The molecule has 0 saturated carbocycles. The lowest BCUT2D eigenvalue weighted by atomic mass is 9.96. The third kappa shape index (κ3) is 4.08. The predicted molar refractivity (Wildman–Crippen MR) is 120 cm³/mol. The van der Waals surface area contributed by atoms with Gasteiger partial charge >= 0.3 is 0 Å². The van der Waals surface area contributed by atoms with Crippen molar-refractivity contribution in [1.29, 1.82) is 5.26 Å². The molecule has 3 aromatic heterocycles. The van der Waals surface area contributed by atoms with Gasteiger partial charge in [-0.3, -0.25) is 14.1 Å². The number of hydrogen-bond acceptors (Lipinski definition) is 6. The van der Waals surface area contributed by atoms with Crippen LogP contribution in [0.3, 0.4) is 0 Å². The maximum absolute atomic E-state index is 12.7. The maximum atomic E-state index is 12.7. The highest BCUT2D eigenvalue weighted by atomic mass is 32.1. The number of anilines is 1. The summed E-state index contributed by atoms with van der Waals surface area (Å²) in [6, 6.07) is 8.28. The average Bonchev–Trinajstić information content (AvgIpc) is 3.27. The van der Waals surface area contributed by atoms with Crippen molar-refractivity contribution in [2.75, 3.05) is 25.0 Å². The van der Waals surface area contributed by atoms with Crippen LogP contribution < -0.4 is 5.32 Å². The smallest absolute Gasteiger partial charge is 0.239 e. The van der Waals surface area contributed by atoms with E-state index in [1.165, 1.54) is 23.3 Å². The zero-order valence-corrected chi connectivity index (χ0v) is 18.3. The Balaban J connectivity index is 1.19. The summed E-state index contributed by atoms with van der Waals surface area (Å²) in [4.78, 5) is 16.2. The maximum Gasteiger partial charge on any atom is 0.239 e. The summed E-state index contributed by atoms with van der Waals surface area (Å²) >= 11 is 1.60. The molecule has 0 atom stereocenters. The monoisotopic (exact) mass is 434 g/mol. The Hall–Kier alpha value is -2.76. The molecule has 160 valence electrons. The van der Waals surface area contributed by atoms with Gasteiger partial charge in [-0.2, -0.15) is 5.26 Å². The number of nitriles is 1. The minimum absolute atomic E-state index is 0.0284. The van der Waals surface area contributed by atoms with Crippen LogP contribution in [0.5, 0.6) is 0 Å². The van der Waals surface area contributed by atoms with Crippen molar-refractivity contribution in [3.63, 3.8) is 0 Å². The van der Waals surface area contributed by atoms with Gasteiger partial charge in [0.25, 0.3) is 0 Å². The van der Waals surface area contributed by atoms with Crippen LogP contribution in [0.4, 0.5) is 5.00 Å². The highest BCUT2D eigenvalue weighted by Gasteiger charge is 2.26. The van der Waals surface area contributed by atoms with Crippen LogP contribution in [0.15, 0.2) is 24.4 Å². The van der Waals surface area contributed by atoms with E-state index in [1.807, 2.05) is 24.4 Å². The molecule has 0 unspecified atom stereocenters. The van der Waals surface area contributed by atoms with Crippen LogP contribution in [0, 0.1) is 11.3 Å². The van der Waals surface area contributed by atoms with Gasteiger partial charge in [-0.25, -0.2) is 0 Å². The van der Waals surface area contributed by atoms with Crippen LogP contribution >= 0.6 is 11.3 Å². The van der Waals surface area contributed by atoms with Crippen LogP contribution in [0.2, 0.25) is 0 Å². The summed E-state index contributed by atoms with van der Waals surface area (Å²) in [6.45, 7) is 2.07. The molecule has 8 heteroatoms. The van der Waals surface area contributed by atoms with E-state index < -0.39 is 0 Å². The molecule has 0 radical (unpaired) electrons. The number of piperidine rings is 1. The Morgan fingerprint density at radius 2 is 2.03 bits per heavy atom. The zero-order chi connectivity index (χ0) is 21.2. The van der Waals surface area contributed by atoms with E-state index in [-0.39, 0.29) is 5.91 Å². The van der Waals surface area contributed by atoms with Gasteiger partial charge in [0.2, 0.25) is 5.91 Å². The zero-order valence-electron chi connectivity index (χ0n) is 17.5. The molecule has 7 nitrogen and oxygen atoms in total. The largest absolute Gasteiger partial charge is 0.315 e. The first-order valence-corrected chi connectivity index (χ1v) is 11.9. The number of pyridine rings is 1. The number of hydrogen-bond donors (Lipinski definition) is 1. The SMILES string of the molecule is N#Cc1c(NC(=O)CN2CCC(c3nnc4ccccn34)CC2)sc2c1CCCCC2. The minimum atomic E-state index is -0.0284. The summed E-state index contributed by atoms with van der Waals surface area (Å²) in [5.74, 6) is 1.34. The van der Waals surface area contributed by atoms with E-state index >= 15 is 0 Å². The molecule has 31 heavy (non-hydrogen) atoms. The van der Waals surface area contributed by atoms with Crippen LogP contribution in [0.1, 0.15) is 59.9 Å². The van der Waals surface area contributed by atoms with Crippen LogP contribution in [-0.2, 0) is 17.6 Å². The van der Waals surface area contributed by atoms with Crippen molar-refractivity contribution in [2.24, 2.45) is 0 Å². The molecule has 5 rings (SSSR count). The van der Waals surface area contributed by atoms with Gasteiger partial charge in [0.1, 0.15) is 16.9 Å². The molecule has 1 fully saturated rings. The number of carbonyl (C=O) groups is 1. The molecule has 2 aliphatic rings. The van der Waals surface area contributed by atoms with Crippen molar-refractivity contribution in [3.8, 4) is 6.07 Å². The number of carbonyl (C=O) groups excluding carboxylic acids is 1. The fraction of sp³-hybridized carbons (Fsp3) is 0.478. The van der Waals surface area contributed by atoms with Crippen molar-refractivity contribution >= 4 is 27.9 Å². The number of aryl methyl sites for hydroxylation is 1. The van der Waals surface area contributed by atoms with Gasteiger partial charge in [-0.15, -0.1) is 21.5 Å². The van der Waals surface area contributed by atoms with Gasteiger partial charge in [0, 0.05) is 17.0 Å². The van der Waals surface area contributed by atoms with Gasteiger partial charge in [-0.05, 0) is 69.3 Å². The number of amides is 1. The van der Waals surface area contributed by atoms with Gasteiger partial charge in [-0.1, -0.05) is 12.5 Å². The first-order chi connectivity index (χ1) is 15.2. The predicted octanol–water partition coefficient (Wildman–Crippen LogP) is 3.75. The van der Waals surface area contributed by atoms with Crippen molar-refractivity contribution in [2.45, 2.75) is 50.9 Å². The molecule has 1 N–H and O–H groups in total. The second-order valence-electron chi connectivity index (χ2n) is 8.47. The summed E-state index contributed by atoms with van der Waals surface area (Å²) in [6.07, 6.45) is 9.42. The van der Waals surface area contributed by atoms with Gasteiger partial charge < -0.3 is 5.32 Å². The lowest BCUT2D eigenvalue weighted by molar-refractivity contribution is -0.117. The fourth-order valence-electron chi connectivity index (χ4n) is 4.81. The summed E-state index contributed by atoms with van der Waals surface area (Å²) in [5.41, 5.74) is 2.73. The minimum Gasteiger partial charge on any atom is -0.315 e. The molecule has 1 saturated heterocycles. The molecular formula is C23H26N6OS. The van der Waals surface area contributed by atoms with E-state index in [9.17, 15) is 10.1 Å². The number of nitrogens with one attached hydrogen (secondary N) is 1. The molecule has 4 heterocycles. The third-order valence-corrected chi connectivity index (χ3v) is 7.65. The summed E-state index contributed by atoms with van der Waals surface area (Å²) in [5, 5.41) is 22.1. The quantitative estimate of drug-likeness (QED) is 0.632. The standard InChI is InChI=1S/C23H26N6OS/c24-14-18-17-6-2-1-3-7-19(17)31-23(18)25-21(30)15-28-12-9-16(10-13-28)22-27-26-20-8-4-5-11-29(20)22/h4-5,8,11,16H,1-3,6-7,9-10,12-13,15H2,(H,25,30). The molecular weight excluding hydrogens is 408 g/mol. The fourth-order valence-corrected chi connectivity index (χ4v) is 6.06. The molecule has 0 bridgehead atoms. The molecule has 0 spiro atoms. The number of rotatable bonds is 4. The van der Waals surface area contributed by atoms with Crippen LogP contribution in [0.25, 0.3) is 5.65 Å². The summed E-state index contributed by atoms with van der Waals surface area (Å²) < 4.78 is 2.07. The topological polar surface area (TPSA) is 86.3 Å². The molecule has 0 aromatic carbocycles. The third-order valence-electron chi connectivity index (χ3n) is 6.45. The average molecular weight is 435 g/mol. The van der Waals surface area contributed by atoms with E-state index in [0.29, 0.717) is 18.0 Å². The number of nitrogens with zero attached hydrogens (tertiary/aromatic N) is 5. The highest BCUT2D eigenvalue weighted by molar-refractivity contribution is 7.16. The van der Waals surface area contributed by atoms with Gasteiger partial charge in [0.15, 0.2) is 5.65 Å². The highest BCUT2D eigenvalue weighted by Crippen LogP contribution is 2.37. The van der Waals surface area contributed by atoms with Crippen molar-refractivity contribution in [1.82, 2.24) is 19.5 Å². The molecule has 1 amide bonds. The van der Waals surface area contributed by atoms with E-state index in [1.54, 1.807) is 11.3 Å². The van der Waals surface area contributed by atoms with Crippen molar-refractivity contribution < 1.29 is 4.79 Å². The second-order valence-corrected chi connectivity index (χ2v) is 9.57. The van der Waals surface area contributed by atoms with E-state index in [0.717, 1.165) is 61.7 Å². The summed E-state index contributed by atoms with van der Waals surface area (Å²) in [7, 11) is 0. The van der Waals surface area contributed by atoms with Crippen molar-refractivity contribution in [3.05, 3.63) is 46.2 Å². The number of aromatic nitrogens is 3. The number of thiophene rings is 1. The van der Waals surface area contributed by atoms with E-state index in [2.05, 4.69) is 30.9 Å². The Morgan fingerprint density at radius 3 is 2.87 bits per heavy atom. The molecule has 3 aromatic rings. The normalized spacial score (nSPS) is 17.8. The Labute approximate surface area is 185 Å². The first-order valence-electron chi connectivity index (χ1n) is 11.1. The lowest BCUT2D eigenvalue weighted by Crippen LogP contribution is -2.39. The van der Waals surface area contributed by atoms with Gasteiger partial charge in [0.05, 0.1) is 12.1 Å². The number of likely N-dealkylation sites (tertiary alicyclic amines) is 1. The second kappa shape index (κ2) is 8.77. The first kappa shape index (κ1) is 20.2. The molecule has 1 aliphatic heterocycles. The number of fused-ring (bicyclic) bond motifs is 2. The Bertz CT molecular complexity index is 1130. The van der Waals surface area contributed by atoms with Crippen LogP contribution in [-0.4, -0.2) is 45.0 Å². The molecule has 1 aliphatic carbocycles.